The molecule has 0 aliphatic heterocycles. The number of nitrogens with one attached hydrogen (secondary N) is 2. The molecule has 5 nitrogen and oxygen atoms in total. The lowest BCUT2D eigenvalue weighted by Crippen LogP contribution is -2.32. The van der Waals surface area contributed by atoms with Gasteiger partial charge >= 0.3 is 0 Å². The molecule has 1 amide bonds. The van der Waals surface area contributed by atoms with Crippen molar-refractivity contribution in [1.82, 2.24) is 0 Å². The third-order valence-corrected chi connectivity index (χ3v) is 6.10. The molecular weight excluding hydrogens is 358 g/mol. The minimum atomic E-state index is -0.464. The van der Waals surface area contributed by atoms with Crippen molar-refractivity contribution in [3.63, 3.8) is 0 Å². The maximum atomic E-state index is 12.7. The van der Waals surface area contributed by atoms with Gasteiger partial charge < -0.3 is 15.4 Å². The molecule has 1 aliphatic carbocycles. The van der Waals surface area contributed by atoms with Crippen LogP contribution in [0.4, 0.5) is 10.7 Å². The molecular formula is C21H25N3O2S. The molecule has 142 valence electrons. The number of carbonyl (C=O) groups excluding carboxylic acids is 1. The summed E-state index contributed by atoms with van der Waals surface area (Å²) in [5, 5.41) is 16.5. The minimum absolute atomic E-state index is 0.161. The second-order valence-corrected chi connectivity index (χ2v) is 8.04. The Balaban J connectivity index is 1.76. The fourth-order valence-electron chi connectivity index (χ4n) is 3.40. The van der Waals surface area contributed by atoms with Gasteiger partial charge in [-0.3, -0.25) is 4.79 Å². The quantitative estimate of drug-likeness (QED) is 0.737. The van der Waals surface area contributed by atoms with E-state index in [0.29, 0.717) is 16.3 Å². The number of benzene rings is 1. The summed E-state index contributed by atoms with van der Waals surface area (Å²) >= 11 is 1.56. The van der Waals surface area contributed by atoms with Crippen LogP contribution in [0.5, 0.6) is 5.75 Å². The van der Waals surface area contributed by atoms with Crippen LogP contribution in [-0.2, 0) is 17.6 Å². The lowest BCUT2D eigenvalue weighted by atomic mass is 10.1. The predicted molar refractivity (Wildman–Crippen MR) is 110 cm³/mol. The molecule has 27 heavy (non-hydrogen) atoms. The van der Waals surface area contributed by atoms with Gasteiger partial charge in [-0.15, -0.1) is 11.3 Å². The highest BCUT2D eigenvalue weighted by Gasteiger charge is 2.23. The van der Waals surface area contributed by atoms with Gasteiger partial charge in [0, 0.05) is 4.88 Å². The molecule has 2 N–H and O–H groups in total. The summed E-state index contributed by atoms with van der Waals surface area (Å²) in [6.07, 6.45) is 5.39. The van der Waals surface area contributed by atoms with Crippen LogP contribution >= 0.6 is 11.3 Å². The fraction of sp³-hybridized carbons (Fsp3) is 0.429. The Kier molecular flexibility index (Phi) is 6.02. The van der Waals surface area contributed by atoms with Crippen molar-refractivity contribution in [2.45, 2.75) is 52.0 Å². The van der Waals surface area contributed by atoms with Crippen LogP contribution in [0.3, 0.4) is 0 Å². The first kappa shape index (κ1) is 19.2. The molecule has 1 heterocycles. The van der Waals surface area contributed by atoms with Crippen LogP contribution in [0, 0.1) is 18.3 Å². The SMILES string of the molecule is COc1ccc(C)cc1N[C@@H](C)C(=O)Nc1sc2c(c1C#N)CCCCC2. The number of carbonyl (C=O) groups is 1. The van der Waals surface area contributed by atoms with E-state index >= 15 is 0 Å². The van der Waals surface area contributed by atoms with Crippen molar-refractivity contribution in [3.05, 3.63) is 39.8 Å². The number of aryl methyl sites for hydroxylation is 2. The molecule has 1 aromatic heterocycles. The number of nitriles is 1. The Morgan fingerprint density at radius 3 is 2.81 bits per heavy atom. The van der Waals surface area contributed by atoms with Crippen molar-refractivity contribution in [2.24, 2.45) is 0 Å². The second-order valence-electron chi connectivity index (χ2n) is 6.94. The molecule has 1 atom stereocenters. The highest BCUT2D eigenvalue weighted by atomic mass is 32.1. The summed E-state index contributed by atoms with van der Waals surface area (Å²) < 4.78 is 5.37. The summed E-state index contributed by atoms with van der Waals surface area (Å²) in [4.78, 5) is 14.0. The second kappa shape index (κ2) is 8.45. The van der Waals surface area contributed by atoms with Gasteiger partial charge in [-0.2, -0.15) is 5.26 Å². The third-order valence-electron chi connectivity index (χ3n) is 4.89. The number of nitrogens with zero attached hydrogens (tertiary/aromatic N) is 1. The number of hydrogen-bond donors (Lipinski definition) is 2. The van der Waals surface area contributed by atoms with Gasteiger partial charge in [0.2, 0.25) is 5.91 Å². The van der Waals surface area contributed by atoms with Crippen molar-refractivity contribution in [2.75, 3.05) is 17.7 Å². The Morgan fingerprint density at radius 1 is 1.30 bits per heavy atom. The Labute approximate surface area is 164 Å². The van der Waals surface area contributed by atoms with E-state index in [0.717, 1.165) is 42.5 Å². The van der Waals surface area contributed by atoms with Gasteiger partial charge in [-0.25, -0.2) is 0 Å². The van der Waals surface area contributed by atoms with Crippen molar-refractivity contribution >= 4 is 27.9 Å². The monoisotopic (exact) mass is 383 g/mol. The Bertz CT molecular complexity index is 882. The van der Waals surface area contributed by atoms with Gasteiger partial charge in [0.15, 0.2) is 0 Å². The summed E-state index contributed by atoms with van der Waals surface area (Å²) in [5.74, 6) is 0.535. The predicted octanol–water partition coefficient (Wildman–Crippen LogP) is 4.64. The molecule has 0 spiro atoms. The minimum Gasteiger partial charge on any atom is -0.495 e. The molecule has 1 aromatic carbocycles. The lowest BCUT2D eigenvalue weighted by molar-refractivity contribution is -0.116. The fourth-order valence-corrected chi connectivity index (χ4v) is 4.65. The molecule has 0 bridgehead atoms. The Morgan fingerprint density at radius 2 is 2.07 bits per heavy atom. The first-order valence-corrected chi connectivity index (χ1v) is 10.1. The van der Waals surface area contributed by atoms with E-state index in [4.69, 9.17) is 4.74 Å². The number of anilines is 2. The molecule has 3 rings (SSSR count). The highest BCUT2D eigenvalue weighted by molar-refractivity contribution is 7.16. The van der Waals surface area contributed by atoms with Crippen LogP contribution < -0.4 is 15.4 Å². The van der Waals surface area contributed by atoms with E-state index in [1.54, 1.807) is 18.4 Å². The van der Waals surface area contributed by atoms with Gasteiger partial charge in [-0.05, 0) is 62.8 Å². The van der Waals surface area contributed by atoms with E-state index in [-0.39, 0.29) is 5.91 Å². The zero-order valence-corrected chi connectivity index (χ0v) is 16.8. The number of rotatable bonds is 5. The van der Waals surface area contributed by atoms with Crippen LogP contribution in [0.2, 0.25) is 0 Å². The average molecular weight is 384 g/mol. The zero-order chi connectivity index (χ0) is 19.4. The van der Waals surface area contributed by atoms with Crippen LogP contribution in [-0.4, -0.2) is 19.1 Å². The van der Waals surface area contributed by atoms with Gasteiger partial charge in [0.1, 0.15) is 22.9 Å². The first-order chi connectivity index (χ1) is 13.0. The summed E-state index contributed by atoms with van der Waals surface area (Å²) in [6, 6.07) is 7.64. The molecule has 1 aliphatic rings. The van der Waals surface area contributed by atoms with Crippen molar-refractivity contribution < 1.29 is 9.53 Å². The molecule has 6 heteroatoms. The van der Waals surface area contributed by atoms with Crippen molar-refractivity contribution in [3.8, 4) is 11.8 Å². The number of hydrogen-bond acceptors (Lipinski definition) is 5. The van der Waals surface area contributed by atoms with E-state index in [9.17, 15) is 10.1 Å². The Hall–Kier alpha value is -2.52. The van der Waals surface area contributed by atoms with Gasteiger partial charge in [0.05, 0.1) is 18.4 Å². The highest BCUT2D eigenvalue weighted by Crippen LogP contribution is 2.37. The molecule has 0 fully saturated rings. The van der Waals surface area contributed by atoms with E-state index < -0.39 is 6.04 Å². The lowest BCUT2D eigenvalue weighted by Gasteiger charge is -2.17. The maximum absolute atomic E-state index is 12.7. The number of thiophene rings is 1. The van der Waals surface area contributed by atoms with Gasteiger partial charge in [0.25, 0.3) is 0 Å². The van der Waals surface area contributed by atoms with Crippen LogP contribution in [0.1, 0.15) is 47.8 Å². The zero-order valence-electron chi connectivity index (χ0n) is 16.0. The normalized spacial score (nSPS) is 14.4. The summed E-state index contributed by atoms with van der Waals surface area (Å²) in [5.41, 5.74) is 3.64. The molecule has 2 aromatic rings. The first-order valence-electron chi connectivity index (χ1n) is 9.30. The summed E-state index contributed by atoms with van der Waals surface area (Å²) in [6.45, 7) is 3.80. The van der Waals surface area contributed by atoms with E-state index in [1.165, 1.54) is 11.3 Å². The number of fused-ring (bicyclic) bond motifs is 1. The van der Waals surface area contributed by atoms with Crippen molar-refractivity contribution in [1.29, 1.82) is 5.26 Å². The molecule has 0 radical (unpaired) electrons. The smallest absolute Gasteiger partial charge is 0.247 e. The van der Waals surface area contributed by atoms with E-state index in [1.807, 2.05) is 32.0 Å². The largest absolute Gasteiger partial charge is 0.495 e. The van der Waals surface area contributed by atoms with Crippen LogP contribution in [0.25, 0.3) is 0 Å². The maximum Gasteiger partial charge on any atom is 0.247 e. The molecule has 0 unspecified atom stereocenters. The van der Waals surface area contributed by atoms with E-state index in [2.05, 4.69) is 16.7 Å². The third kappa shape index (κ3) is 4.25. The van der Waals surface area contributed by atoms with Crippen LogP contribution in [0.15, 0.2) is 18.2 Å². The molecule has 0 saturated heterocycles. The number of amides is 1. The standard InChI is InChI=1S/C21H25N3O2S/c1-13-9-10-18(26-3)17(11-13)23-14(2)20(25)24-21-16(12-22)15-7-5-4-6-8-19(15)27-21/h9-11,14,23H,4-8H2,1-3H3,(H,24,25)/t14-/m0/s1. The number of methoxy groups -OCH3 is 1. The van der Waals surface area contributed by atoms with Gasteiger partial charge in [-0.1, -0.05) is 12.5 Å². The number of ether oxygens (including phenoxy) is 1. The topological polar surface area (TPSA) is 74.2 Å². The summed E-state index contributed by atoms with van der Waals surface area (Å²) in [7, 11) is 1.61. The average Bonchev–Trinajstić information content (AvgIpc) is 2.81. The molecule has 0 saturated carbocycles.